The van der Waals surface area contributed by atoms with E-state index in [-0.39, 0.29) is 23.6 Å². The molecule has 2 N–H and O–H groups in total. The Morgan fingerprint density at radius 1 is 1.05 bits per heavy atom. The number of sulfonamides is 1. The van der Waals surface area contributed by atoms with Crippen LogP contribution in [-0.2, 0) is 23.2 Å². The fourth-order valence-corrected chi connectivity index (χ4v) is 2.99. The summed E-state index contributed by atoms with van der Waals surface area (Å²) in [4.78, 5) is -0.0283. The van der Waals surface area contributed by atoms with Gasteiger partial charge in [-0.05, 0) is 23.3 Å². The number of hydrogen-bond acceptors (Lipinski definition) is 4. The van der Waals surface area contributed by atoms with E-state index in [1.165, 1.54) is 12.1 Å². The molecule has 0 atom stereocenters. The Hall–Kier alpha value is -2.20. The second kappa shape index (κ2) is 6.50. The molecule has 0 fully saturated rings. The molecule has 0 heterocycles. The highest BCUT2D eigenvalue weighted by atomic mass is 32.2. The van der Waals surface area contributed by atoms with E-state index in [0.717, 1.165) is 11.1 Å². The highest BCUT2D eigenvalue weighted by Crippen LogP contribution is 2.14. The zero-order chi connectivity index (χ0) is 15.3. The van der Waals surface area contributed by atoms with Crippen molar-refractivity contribution in [3.63, 3.8) is 0 Å². The van der Waals surface area contributed by atoms with Gasteiger partial charge in [0.15, 0.2) is 0 Å². The van der Waals surface area contributed by atoms with Gasteiger partial charge in [0.2, 0.25) is 10.0 Å². The molecule has 5 nitrogen and oxygen atoms in total. The van der Waals surface area contributed by atoms with Gasteiger partial charge in [-0.1, -0.05) is 36.4 Å². The molecule has 0 saturated carbocycles. The number of hydrogen-bond donors (Lipinski definition) is 2. The molecular weight excluding hydrogens is 288 g/mol. The van der Waals surface area contributed by atoms with E-state index in [2.05, 4.69) is 4.72 Å². The third-order valence-electron chi connectivity index (χ3n) is 2.97. The number of aliphatic hydroxyl groups is 1. The zero-order valence-corrected chi connectivity index (χ0v) is 12.0. The van der Waals surface area contributed by atoms with Crippen molar-refractivity contribution in [1.29, 1.82) is 5.26 Å². The quantitative estimate of drug-likeness (QED) is 0.876. The molecule has 0 saturated heterocycles. The third-order valence-corrected chi connectivity index (χ3v) is 4.43. The molecule has 0 radical (unpaired) electrons. The van der Waals surface area contributed by atoms with Gasteiger partial charge >= 0.3 is 0 Å². The summed E-state index contributed by atoms with van der Waals surface area (Å²) in [6.45, 7) is 0.0648. The maximum atomic E-state index is 12.2. The Bertz CT molecular complexity index is 762. The summed E-state index contributed by atoms with van der Waals surface area (Å²) in [6, 6.07) is 14.9. The summed E-state index contributed by atoms with van der Waals surface area (Å²) in [6.07, 6.45) is 0. The summed E-state index contributed by atoms with van der Waals surface area (Å²) >= 11 is 0. The maximum Gasteiger partial charge on any atom is 0.242 e. The number of benzene rings is 2. The van der Waals surface area contributed by atoms with E-state index in [1.54, 1.807) is 36.4 Å². The van der Waals surface area contributed by atoms with Gasteiger partial charge in [-0.2, -0.15) is 5.26 Å². The summed E-state index contributed by atoms with van der Waals surface area (Å²) in [5.41, 5.74) is 1.64. The number of nitrogens with one attached hydrogen (secondary N) is 1. The Balaban J connectivity index is 2.16. The zero-order valence-electron chi connectivity index (χ0n) is 11.2. The molecule has 108 valence electrons. The van der Waals surface area contributed by atoms with Gasteiger partial charge in [0, 0.05) is 6.54 Å². The van der Waals surface area contributed by atoms with Crippen molar-refractivity contribution in [2.45, 2.75) is 18.0 Å². The molecule has 0 amide bonds. The van der Waals surface area contributed by atoms with Crippen LogP contribution in [-0.4, -0.2) is 13.5 Å². The molecule has 0 unspecified atom stereocenters. The van der Waals surface area contributed by atoms with Gasteiger partial charge in [0.05, 0.1) is 17.1 Å². The summed E-state index contributed by atoms with van der Waals surface area (Å²) in [7, 11) is -3.74. The molecule has 0 bridgehead atoms. The van der Waals surface area contributed by atoms with E-state index in [0.29, 0.717) is 0 Å². The predicted octanol–water partition coefficient (Wildman–Crippen LogP) is 1.53. The average Bonchev–Trinajstić information content (AvgIpc) is 2.53. The van der Waals surface area contributed by atoms with Crippen LogP contribution >= 0.6 is 0 Å². The minimum atomic E-state index is -3.74. The van der Waals surface area contributed by atoms with E-state index in [4.69, 9.17) is 10.4 Å². The molecule has 6 heteroatoms. The van der Waals surface area contributed by atoms with Gasteiger partial charge in [0.25, 0.3) is 0 Å². The van der Waals surface area contributed by atoms with Crippen molar-refractivity contribution < 1.29 is 13.5 Å². The van der Waals surface area contributed by atoms with Crippen molar-refractivity contribution >= 4 is 10.0 Å². The molecule has 2 aromatic carbocycles. The first kappa shape index (κ1) is 15.2. The molecule has 2 aromatic rings. The van der Waals surface area contributed by atoms with Gasteiger partial charge in [-0.15, -0.1) is 0 Å². The lowest BCUT2D eigenvalue weighted by Gasteiger charge is -2.08. The topological polar surface area (TPSA) is 90.2 Å². The van der Waals surface area contributed by atoms with E-state index >= 15 is 0 Å². The highest BCUT2D eigenvalue weighted by Gasteiger charge is 2.17. The number of nitrogens with zero attached hydrogens (tertiary/aromatic N) is 1. The van der Waals surface area contributed by atoms with Crippen LogP contribution in [0, 0.1) is 11.3 Å². The smallest absolute Gasteiger partial charge is 0.242 e. The van der Waals surface area contributed by atoms with Gasteiger partial charge in [0.1, 0.15) is 6.07 Å². The first-order valence-corrected chi connectivity index (χ1v) is 7.72. The first-order valence-electron chi connectivity index (χ1n) is 6.24. The lowest BCUT2D eigenvalue weighted by molar-refractivity contribution is 0.282. The van der Waals surface area contributed by atoms with Crippen LogP contribution in [0.25, 0.3) is 0 Å². The molecule has 0 aliphatic rings. The van der Waals surface area contributed by atoms with Crippen LogP contribution < -0.4 is 4.72 Å². The molecule has 2 rings (SSSR count). The van der Waals surface area contributed by atoms with E-state index in [9.17, 15) is 8.42 Å². The van der Waals surface area contributed by atoms with Gasteiger partial charge in [-0.25, -0.2) is 13.1 Å². The number of rotatable bonds is 5. The Labute approximate surface area is 123 Å². The average molecular weight is 302 g/mol. The maximum absolute atomic E-state index is 12.2. The van der Waals surface area contributed by atoms with E-state index in [1.807, 2.05) is 6.07 Å². The molecule has 0 aliphatic heterocycles. The predicted molar refractivity (Wildman–Crippen MR) is 77.5 cm³/mol. The van der Waals surface area contributed by atoms with Crippen molar-refractivity contribution in [3.05, 3.63) is 65.2 Å². The molecular formula is C15H14N2O3S. The highest BCUT2D eigenvalue weighted by molar-refractivity contribution is 7.89. The van der Waals surface area contributed by atoms with Crippen LogP contribution in [0.2, 0.25) is 0 Å². The Morgan fingerprint density at radius 3 is 2.29 bits per heavy atom. The molecule has 0 spiro atoms. The minimum absolute atomic E-state index is 0.0283. The Morgan fingerprint density at radius 2 is 1.67 bits per heavy atom. The fourth-order valence-electron chi connectivity index (χ4n) is 1.81. The summed E-state index contributed by atoms with van der Waals surface area (Å²) in [5, 5.41) is 17.9. The fraction of sp³-hybridized carbons (Fsp3) is 0.133. The Kier molecular flexibility index (Phi) is 4.70. The van der Waals surface area contributed by atoms with Crippen LogP contribution in [0.5, 0.6) is 0 Å². The number of aliphatic hydroxyl groups excluding tert-OH is 1. The molecule has 0 aromatic heterocycles. The summed E-state index contributed by atoms with van der Waals surface area (Å²) in [5.74, 6) is 0. The lowest BCUT2D eigenvalue weighted by Crippen LogP contribution is -2.24. The minimum Gasteiger partial charge on any atom is -0.392 e. The largest absolute Gasteiger partial charge is 0.392 e. The summed E-state index contributed by atoms with van der Waals surface area (Å²) < 4.78 is 26.9. The number of nitriles is 1. The monoisotopic (exact) mass is 302 g/mol. The van der Waals surface area contributed by atoms with Crippen molar-refractivity contribution in [2.24, 2.45) is 0 Å². The lowest BCUT2D eigenvalue weighted by atomic mass is 10.1. The van der Waals surface area contributed by atoms with E-state index < -0.39 is 10.0 Å². The van der Waals surface area contributed by atoms with Crippen molar-refractivity contribution in [3.8, 4) is 6.07 Å². The second-order valence-electron chi connectivity index (χ2n) is 4.41. The third kappa shape index (κ3) is 3.67. The van der Waals surface area contributed by atoms with Crippen molar-refractivity contribution in [1.82, 2.24) is 4.72 Å². The van der Waals surface area contributed by atoms with Crippen molar-refractivity contribution in [2.75, 3.05) is 0 Å². The standard InChI is InChI=1S/C15H14N2O3S/c16-9-14-3-1-2-4-15(14)21(19,20)17-10-12-5-7-13(11-18)8-6-12/h1-8,17-18H,10-11H2. The second-order valence-corrected chi connectivity index (χ2v) is 6.14. The molecule has 0 aliphatic carbocycles. The van der Waals surface area contributed by atoms with Crippen LogP contribution in [0.3, 0.4) is 0 Å². The normalized spacial score (nSPS) is 11.0. The van der Waals surface area contributed by atoms with Gasteiger partial charge in [-0.3, -0.25) is 0 Å². The van der Waals surface area contributed by atoms with Crippen LogP contribution in [0.15, 0.2) is 53.4 Å². The molecule has 21 heavy (non-hydrogen) atoms. The first-order chi connectivity index (χ1) is 10.1. The van der Waals surface area contributed by atoms with Crippen LogP contribution in [0.1, 0.15) is 16.7 Å². The van der Waals surface area contributed by atoms with Gasteiger partial charge < -0.3 is 5.11 Å². The van der Waals surface area contributed by atoms with Crippen LogP contribution in [0.4, 0.5) is 0 Å². The SMILES string of the molecule is N#Cc1ccccc1S(=O)(=O)NCc1ccc(CO)cc1.